The van der Waals surface area contributed by atoms with Crippen LogP contribution in [0.2, 0.25) is 0 Å². The summed E-state index contributed by atoms with van der Waals surface area (Å²) in [5.74, 6) is 0.351. The second-order valence-electron chi connectivity index (χ2n) is 9.71. The molecule has 0 fully saturated rings. The van der Waals surface area contributed by atoms with Crippen LogP contribution in [0.1, 0.15) is 34.3 Å². The standard InChI is InChI=1S/C36H28N2O2/c39-33-21-19-25-11-7-9-17-29(25)31(33)23-37-35(27-13-3-1-4-14-27)36(28-15-5-2-6-16-28)38-24-32-30-18-10-8-12-26(30)20-22-34(32)40/h1-24,35-36,39-40H/t35-,36-/m0/s1. The first-order valence-corrected chi connectivity index (χ1v) is 13.3. The highest BCUT2D eigenvalue weighted by molar-refractivity contribution is 6.03. The summed E-state index contributed by atoms with van der Waals surface area (Å²) in [6.07, 6.45) is 3.52. The van der Waals surface area contributed by atoms with Gasteiger partial charge >= 0.3 is 0 Å². The summed E-state index contributed by atoms with van der Waals surface area (Å²) in [5.41, 5.74) is 3.32. The van der Waals surface area contributed by atoms with Crippen LogP contribution in [0, 0.1) is 0 Å². The minimum absolute atomic E-state index is 0.176. The lowest BCUT2D eigenvalue weighted by molar-refractivity contribution is 0.474. The predicted molar refractivity (Wildman–Crippen MR) is 165 cm³/mol. The van der Waals surface area contributed by atoms with Crippen LogP contribution >= 0.6 is 0 Å². The Morgan fingerprint density at radius 2 is 0.800 bits per heavy atom. The van der Waals surface area contributed by atoms with Gasteiger partial charge in [0.05, 0.1) is 0 Å². The SMILES string of the molecule is Oc1ccc2ccccc2c1C=N[C@@H](c1ccccc1)[C@@H](N=Cc1c(O)ccc2ccccc12)c1ccccc1. The summed E-state index contributed by atoms with van der Waals surface area (Å²) in [6, 6.07) is 42.5. The predicted octanol–water partition coefficient (Wildman–Crippen LogP) is 8.42. The zero-order chi connectivity index (χ0) is 27.3. The van der Waals surface area contributed by atoms with Crippen molar-refractivity contribution in [3.63, 3.8) is 0 Å². The second kappa shape index (κ2) is 11.3. The zero-order valence-electron chi connectivity index (χ0n) is 21.8. The van der Waals surface area contributed by atoms with E-state index in [0.717, 1.165) is 32.7 Å². The molecule has 0 saturated heterocycles. The molecule has 0 amide bonds. The highest BCUT2D eigenvalue weighted by Gasteiger charge is 2.24. The van der Waals surface area contributed by atoms with Crippen LogP contribution in [-0.4, -0.2) is 22.6 Å². The molecule has 0 radical (unpaired) electrons. The molecule has 0 aliphatic carbocycles. The van der Waals surface area contributed by atoms with Crippen LogP contribution in [0.4, 0.5) is 0 Å². The molecule has 194 valence electrons. The van der Waals surface area contributed by atoms with Crippen molar-refractivity contribution in [2.75, 3.05) is 0 Å². The maximum absolute atomic E-state index is 10.8. The molecular weight excluding hydrogens is 492 g/mol. The van der Waals surface area contributed by atoms with E-state index in [1.807, 2.05) is 121 Å². The van der Waals surface area contributed by atoms with Crippen molar-refractivity contribution < 1.29 is 10.2 Å². The molecule has 0 heterocycles. The molecule has 6 aromatic rings. The van der Waals surface area contributed by atoms with E-state index >= 15 is 0 Å². The van der Waals surface area contributed by atoms with Crippen LogP contribution in [0.5, 0.6) is 11.5 Å². The molecule has 6 aromatic carbocycles. The summed E-state index contributed by atoms with van der Waals surface area (Å²) < 4.78 is 0. The average molecular weight is 521 g/mol. The van der Waals surface area contributed by atoms with Gasteiger partial charge in [0.15, 0.2) is 0 Å². The third kappa shape index (κ3) is 5.07. The average Bonchev–Trinajstić information content (AvgIpc) is 3.01. The van der Waals surface area contributed by atoms with E-state index in [2.05, 4.69) is 0 Å². The van der Waals surface area contributed by atoms with Crippen LogP contribution in [0.3, 0.4) is 0 Å². The van der Waals surface area contributed by atoms with Gasteiger partial charge in [-0.1, -0.05) is 121 Å². The van der Waals surface area contributed by atoms with Gasteiger partial charge in [-0.2, -0.15) is 0 Å². The van der Waals surface area contributed by atoms with Gasteiger partial charge in [-0.15, -0.1) is 0 Å². The van der Waals surface area contributed by atoms with E-state index in [1.54, 1.807) is 24.6 Å². The quantitative estimate of drug-likeness (QED) is 0.208. The van der Waals surface area contributed by atoms with Gasteiger partial charge in [0, 0.05) is 23.6 Å². The maximum atomic E-state index is 10.8. The monoisotopic (exact) mass is 520 g/mol. The number of phenolic OH excluding ortho intramolecular Hbond substituents is 2. The summed E-state index contributed by atoms with van der Waals surface area (Å²) in [5, 5.41) is 25.5. The lowest BCUT2D eigenvalue weighted by Crippen LogP contribution is -2.09. The molecule has 40 heavy (non-hydrogen) atoms. The molecule has 0 aromatic heterocycles. The largest absolute Gasteiger partial charge is 0.507 e. The maximum Gasteiger partial charge on any atom is 0.124 e. The Kier molecular flexibility index (Phi) is 7.06. The number of benzene rings is 6. The number of hydrogen-bond donors (Lipinski definition) is 2. The smallest absolute Gasteiger partial charge is 0.124 e. The third-order valence-electron chi connectivity index (χ3n) is 7.21. The highest BCUT2D eigenvalue weighted by atomic mass is 16.3. The lowest BCUT2D eigenvalue weighted by Gasteiger charge is -2.22. The molecule has 0 saturated carbocycles. The minimum atomic E-state index is -0.393. The third-order valence-corrected chi connectivity index (χ3v) is 7.21. The number of hydrogen-bond acceptors (Lipinski definition) is 4. The molecule has 0 spiro atoms. The Morgan fingerprint density at radius 3 is 1.23 bits per heavy atom. The van der Waals surface area contributed by atoms with E-state index in [1.165, 1.54) is 0 Å². The number of phenols is 2. The Bertz CT molecular complexity index is 1690. The summed E-state index contributed by atoms with van der Waals surface area (Å²) >= 11 is 0. The van der Waals surface area contributed by atoms with Crippen LogP contribution < -0.4 is 0 Å². The summed E-state index contributed by atoms with van der Waals surface area (Å²) in [6.45, 7) is 0. The molecule has 4 nitrogen and oxygen atoms in total. The first-order valence-electron chi connectivity index (χ1n) is 13.3. The Balaban J connectivity index is 1.50. The molecule has 2 N–H and O–H groups in total. The van der Waals surface area contributed by atoms with Crippen molar-refractivity contribution in [2.24, 2.45) is 9.98 Å². The van der Waals surface area contributed by atoms with Crippen LogP contribution in [0.15, 0.2) is 143 Å². The van der Waals surface area contributed by atoms with Gasteiger partial charge in [0.2, 0.25) is 0 Å². The van der Waals surface area contributed by atoms with E-state index < -0.39 is 12.1 Å². The van der Waals surface area contributed by atoms with Crippen molar-refractivity contribution in [1.82, 2.24) is 0 Å². The number of aromatic hydroxyl groups is 2. The van der Waals surface area contributed by atoms with Crippen molar-refractivity contribution in [3.8, 4) is 11.5 Å². The van der Waals surface area contributed by atoms with E-state index in [-0.39, 0.29) is 11.5 Å². The topological polar surface area (TPSA) is 65.2 Å². The summed E-state index contributed by atoms with van der Waals surface area (Å²) in [4.78, 5) is 10.2. The van der Waals surface area contributed by atoms with Gasteiger partial charge in [0.25, 0.3) is 0 Å². The van der Waals surface area contributed by atoms with Crippen molar-refractivity contribution in [2.45, 2.75) is 12.1 Å². The van der Waals surface area contributed by atoms with Gasteiger partial charge in [-0.25, -0.2) is 0 Å². The molecule has 0 aliphatic rings. The Hall–Kier alpha value is -5.22. The molecular formula is C36H28N2O2. The van der Waals surface area contributed by atoms with Crippen molar-refractivity contribution in [3.05, 3.63) is 156 Å². The van der Waals surface area contributed by atoms with Gasteiger partial charge in [0.1, 0.15) is 23.6 Å². The molecule has 0 unspecified atom stereocenters. The van der Waals surface area contributed by atoms with Gasteiger partial charge < -0.3 is 10.2 Å². The van der Waals surface area contributed by atoms with E-state index in [0.29, 0.717) is 11.1 Å². The normalized spacial score (nSPS) is 13.3. The number of aliphatic imine (C=N–C) groups is 2. The second-order valence-corrected chi connectivity index (χ2v) is 9.71. The van der Waals surface area contributed by atoms with E-state index in [4.69, 9.17) is 9.98 Å². The first kappa shape index (κ1) is 25.1. The Labute approximate surface area is 233 Å². The molecule has 4 heteroatoms. The first-order chi connectivity index (χ1) is 19.7. The highest BCUT2D eigenvalue weighted by Crippen LogP contribution is 2.37. The minimum Gasteiger partial charge on any atom is -0.507 e. The van der Waals surface area contributed by atoms with Crippen LogP contribution in [-0.2, 0) is 0 Å². The van der Waals surface area contributed by atoms with Crippen molar-refractivity contribution >= 4 is 34.0 Å². The molecule has 0 bridgehead atoms. The van der Waals surface area contributed by atoms with Crippen molar-refractivity contribution in [1.29, 1.82) is 0 Å². The van der Waals surface area contributed by atoms with Gasteiger partial charge in [-0.05, 0) is 44.8 Å². The fourth-order valence-corrected chi connectivity index (χ4v) is 5.15. The lowest BCUT2D eigenvalue weighted by atomic mass is 9.93. The fraction of sp³-hybridized carbons (Fsp3) is 0.0556. The van der Waals surface area contributed by atoms with Crippen LogP contribution in [0.25, 0.3) is 21.5 Å². The number of rotatable bonds is 7. The number of fused-ring (bicyclic) bond motifs is 2. The number of nitrogens with zero attached hydrogens (tertiary/aromatic N) is 2. The molecule has 2 atom stereocenters. The Morgan fingerprint density at radius 1 is 0.425 bits per heavy atom. The van der Waals surface area contributed by atoms with Gasteiger partial charge in [-0.3, -0.25) is 9.98 Å². The molecule has 0 aliphatic heterocycles. The summed E-state index contributed by atoms with van der Waals surface area (Å²) in [7, 11) is 0. The van der Waals surface area contributed by atoms with E-state index in [9.17, 15) is 10.2 Å². The zero-order valence-corrected chi connectivity index (χ0v) is 21.8. The molecule has 6 rings (SSSR count). The fourth-order valence-electron chi connectivity index (χ4n) is 5.15.